The Morgan fingerprint density at radius 3 is 2.61 bits per heavy atom. The summed E-state index contributed by atoms with van der Waals surface area (Å²) in [6, 6.07) is 18.1. The van der Waals surface area contributed by atoms with Gasteiger partial charge in [0, 0.05) is 55.9 Å². The summed E-state index contributed by atoms with van der Waals surface area (Å²) in [7, 11) is -3.66. The number of para-hydroxylation sites is 1. The maximum atomic E-state index is 13.4. The maximum absolute atomic E-state index is 13.4. The number of rotatable bonds is 10. The molecular formula is C30H31N7O3S. The number of piperidine rings is 1. The topological polar surface area (TPSA) is 126 Å². The van der Waals surface area contributed by atoms with Crippen molar-refractivity contribution in [1.29, 1.82) is 5.26 Å². The second-order valence-corrected chi connectivity index (χ2v) is 11.7. The fraction of sp³-hybridized carbons (Fsp3) is 0.267. The first-order valence-corrected chi connectivity index (χ1v) is 15.0. The molecule has 4 aromatic rings. The van der Waals surface area contributed by atoms with Crippen LogP contribution in [0.25, 0.3) is 23.0 Å². The molecule has 41 heavy (non-hydrogen) atoms. The fourth-order valence-electron chi connectivity index (χ4n) is 4.77. The molecule has 1 saturated heterocycles. The van der Waals surface area contributed by atoms with Gasteiger partial charge in [0.05, 0.1) is 16.9 Å². The second kappa shape index (κ2) is 12.8. The van der Waals surface area contributed by atoms with Crippen molar-refractivity contribution in [2.24, 2.45) is 0 Å². The average Bonchev–Trinajstić information content (AvgIpc) is 3.69. The zero-order chi connectivity index (χ0) is 28.7. The number of imidazole rings is 1. The Kier molecular flexibility index (Phi) is 8.72. The highest BCUT2D eigenvalue weighted by atomic mass is 32.2. The summed E-state index contributed by atoms with van der Waals surface area (Å²) in [4.78, 5) is 17.1. The molecule has 0 unspecified atom stereocenters. The van der Waals surface area contributed by atoms with Crippen LogP contribution < -0.4 is 5.32 Å². The molecule has 1 aliphatic heterocycles. The van der Waals surface area contributed by atoms with Gasteiger partial charge in [0.1, 0.15) is 17.3 Å². The molecule has 11 heteroatoms. The first-order chi connectivity index (χ1) is 20.0. The van der Waals surface area contributed by atoms with Gasteiger partial charge in [0.15, 0.2) is 0 Å². The number of amides is 1. The van der Waals surface area contributed by atoms with Crippen LogP contribution in [0.5, 0.6) is 0 Å². The minimum Gasteiger partial charge on any atom is -0.351 e. The third-order valence-corrected chi connectivity index (χ3v) is 8.82. The van der Waals surface area contributed by atoms with Gasteiger partial charge in [-0.25, -0.2) is 18.1 Å². The molecule has 10 nitrogen and oxygen atoms in total. The minimum absolute atomic E-state index is 0.0708. The number of aromatic nitrogens is 4. The van der Waals surface area contributed by atoms with E-state index in [0.29, 0.717) is 49.4 Å². The number of nitrogens with zero attached hydrogens (tertiary/aromatic N) is 6. The molecule has 0 bridgehead atoms. The van der Waals surface area contributed by atoms with Crippen molar-refractivity contribution in [3.8, 4) is 23.0 Å². The van der Waals surface area contributed by atoms with Gasteiger partial charge >= 0.3 is 0 Å². The predicted molar refractivity (Wildman–Crippen MR) is 155 cm³/mol. The third-order valence-electron chi connectivity index (χ3n) is 6.93. The predicted octanol–water partition coefficient (Wildman–Crippen LogP) is 4.02. The van der Waals surface area contributed by atoms with Crippen molar-refractivity contribution in [2.75, 3.05) is 19.6 Å². The number of hydrogen-bond donors (Lipinski definition) is 1. The minimum atomic E-state index is -3.66. The molecule has 210 valence electrons. The molecule has 0 radical (unpaired) electrons. The van der Waals surface area contributed by atoms with Gasteiger partial charge in [0.25, 0.3) is 5.91 Å². The van der Waals surface area contributed by atoms with Gasteiger partial charge in [-0.1, -0.05) is 36.8 Å². The standard InChI is InChI=1S/C30H31N7O3S/c31-21-25(30(38)33-13-8-15-35-18-14-32-23-35)19-26-22-37(27-10-3-1-4-11-27)34-29(26)24-9-7-12-28(20-24)41(39,40)36-16-5-2-6-17-36/h1,3-4,7,9-12,14,18-20,22-23H,2,5-6,8,13,15-17H2,(H,33,38). The van der Waals surface area contributed by atoms with E-state index in [1.54, 1.807) is 47.7 Å². The van der Waals surface area contributed by atoms with Crippen molar-refractivity contribution in [3.63, 3.8) is 0 Å². The first-order valence-electron chi connectivity index (χ1n) is 13.6. The van der Waals surface area contributed by atoms with E-state index in [9.17, 15) is 18.5 Å². The Balaban J connectivity index is 1.45. The molecule has 2 aromatic heterocycles. The first kappa shape index (κ1) is 28.0. The lowest BCUT2D eigenvalue weighted by Gasteiger charge is -2.26. The summed E-state index contributed by atoms with van der Waals surface area (Å²) in [6.45, 7) is 2.09. The SMILES string of the molecule is N#CC(=Cc1cn(-c2ccccc2)nc1-c1cccc(S(=O)(=O)N2CCCCC2)c1)C(=O)NCCCn1ccnc1. The van der Waals surface area contributed by atoms with Crippen molar-refractivity contribution < 1.29 is 13.2 Å². The summed E-state index contributed by atoms with van der Waals surface area (Å²) in [5.41, 5.74) is 2.27. The van der Waals surface area contributed by atoms with Crippen LogP contribution in [-0.2, 0) is 21.4 Å². The highest BCUT2D eigenvalue weighted by molar-refractivity contribution is 7.89. The Hall–Kier alpha value is -4.53. The molecule has 1 fully saturated rings. The van der Waals surface area contributed by atoms with E-state index in [0.717, 1.165) is 24.9 Å². The normalized spacial score (nSPS) is 14.5. The van der Waals surface area contributed by atoms with Gasteiger partial charge in [-0.3, -0.25) is 4.79 Å². The summed E-state index contributed by atoms with van der Waals surface area (Å²) >= 11 is 0. The van der Waals surface area contributed by atoms with Crippen LogP contribution in [0.4, 0.5) is 0 Å². The van der Waals surface area contributed by atoms with Gasteiger partial charge in [0.2, 0.25) is 10.0 Å². The van der Waals surface area contributed by atoms with Crippen LogP contribution in [0.15, 0.2) is 90.0 Å². The summed E-state index contributed by atoms with van der Waals surface area (Å²) in [6.07, 6.45) is 11.9. The zero-order valence-corrected chi connectivity index (χ0v) is 23.4. The Bertz CT molecular complexity index is 1660. The smallest absolute Gasteiger partial charge is 0.261 e. The molecule has 0 aliphatic carbocycles. The maximum Gasteiger partial charge on any atom is 0.261 e. The van der Waals surface area contributed by atoms with Crippen LogP contribution in [0, 0.1) is 11.3 Å². The van der Waals surface area contributed by atoms with E-state index in [1.807, 2.05) is 47.2 Å². The van der Waals surface area contributed by atoms with E-state index in [2.05, 4.69) is 10.3 Å². The average molecular weight is 570 g/mol. The van der Waals surface area contributed by atoms with E-state index in [4.69, 9.17) is 5.10 Å². The van der Waals surface area contributed by atoms with Gasteiger partial charge in [-0.2, -0.15) is 14.7 Å². The van der Waals surface area contributed by atoms with Crippen LogP contribution in [-0.4, -0.2) is 57.6 Å². The quantitative estimate of drug-likeness (QED) is 0.175. The number of carbonyl (C=O) groups is 1. The van der Waals surface area contributed by atoms with E-state index in [-0.39, 0.29) is 10.5 Å². The largest absolute Gasteiger partial charge is 0.351 e. The molecule has 1 aliphatic rings. The van der Waals surface area contributed by atoms with Gasteiger partial charge in [-0.05, 0) is 49.6 Å². The summed E-state index contributed by atoms with van der Waals surface area (Å²) < 4.78 is 31.9. The Labute approximate surface area is 239 Å². The van der Waals surface area contributed by atoms with Crippen LogP contribution in [0.1, 0.15) is 31.2 Å². The van der Waals surface area contributed by atoms with Crippen LogP contribution in [0.3, 0.4) is 0 Å². The molecule has 0 spiro atoms. The van der Waals surface area contributed by atoms with Gasteiger partial charge < -0.3 is 9.88 Å². The lowest BCUT2D eigenvalue weighted by molar-refractivity contribution is -0.117. The van der Waals surface area contributed by atoms with Crippen molar-refractivity contribution in [3.05, 3.63) is 90.7 Å². The van der Waals surface area contributed by atoms with Crippen LogP contribution >= 0.6 is 0 Å². The fourth-order valence-corrected chi connectivity index (χ4v) is 6.33. The highest BCUT2D eigenvalue weighted by Crippen LogP contribution is 2.29. The van der Waals surface area contributed by atoms with Crippen molar-refractivity contribution in [2.45, 2.75) is 37.1 Å². The number of nitrogens with one attached hydrogen (secondary N) is 1. The van der Waals surface area contributed by atoms with Crippen LogP contribution in [0.2, 0.25) is 0 Å². The van der Waals surface area contributed by atoms with E-state index in [1.165, 1.54) is 10.4 Å². The van der Waals surface area contributed by atoms with Crippen molar-refractivity contribution >= 4 is 22.0 Å². The lowest BCUT2D eigenvalue weighted by atomic mass is 10.1. The highest BCUT2D eigenvalue weighted by Gasteiger charge is 2.26. The number of sulfonamides is 1. The number of aryl methyl sites for hydroxylation is 1. The number of nitriles is 1. The number of benzene rings is 2. The molecule has 5 rings (SSSR count). The molecule has 3 heterocycles. The van der Waals surface area contributed by atoms with Gasteiger partial charge in [-0.15, -0.1) is 0 Å². The number of carbonyl (C=O) groups excluding carboxylic acids is 1. The Morgan fingerprint density at radius 1 is 1.07 bits per heavy atom. The number of hydrogen-bond acceptors (Lipinski definition) is 6. The monoisotopic (exact) mass is 569 g/mol. The molecular weight excluding hydrogens is 538 g/mol. The lowest BCUT2D eigenvalue weighted by Crippen LogP contribution is -2.35. The second-order valence-electron chi connectivity index (χ2n) is 9.79. The van der Waals surface area contributed by atoms with E-state index >= 15 is 0 Å². The molecule has 0 atom stereocenters. The molecule has 0 saturated carbocycles. The zero-order valence-electron chi connectivity index (χ0n) is 22.6. The molecule has 1 amide bonds. The van der Waals surface area contributed by atoms with Crippen molar-refractivity contribution in [1.82, 2.24) is 29.0 Å². The molecule has 1 N–H and O–H groups in total. The van der Waals surface area contributed by atoms with E-state index < -0.39 is 15.9 Å². The Morgan fingerprint density at radius 2 is 1.88 bits per heavy atom. The summed E-state index contributed by atoms with van der Waals surface area (Å²) in [5.74, 6) is -0.488. The third kappa shape index (κ3) is 6.62. The summed E-state index contributed by atoms with van der Waals surface area (Å²) in [5, 5.41) is 17.4. The molecule has 2 aromatic carbocycles.